The molecule has 3 nitrogen and oxygen atoms in total. The summed E-state index contributed by atoms with van der Waals surface area (Å²) >= 11 is 6.02. The zero-order valence-corrected chi connectivity index (χ0v) is 15.1. The minimum atomic E-state index is -0.379. The van der Waals surface area contributed by atoms with Crippen molar-refractivity contribution >= 4 is 28.4 Å². The molecule has 1 amide bonds. The van der Waals surface area contributed by atoms with E-state index in [1.54, 1.807) is 13.1 Å². The molecule has 132 valence electrons. The van der Waals surface area contributed by atoms with Gasteiger partial charge in [-0.1, -0.05) is 23.7 Å². The van der Waals surface area contributed by atoms with Crippen LogP contribution in [0, 0.1) is 5.82 Å². The Balaban J connectivity index is 1.86. The van der Waals surface area contributed by atoms with E-state index in [2.05, 4.69) is 5.32 Å². The van der Waals surface area contributed by atoms with Crippen molar-refractivity contribution in [1.29, 1.82) is 0 Å². The molecule has 2 aromatic carbocycles. The topological polar surface area (TPSA) is 42.0 Å². The van der Waals surface area contributed by atoms with Crippen LogP contribution in [0.25, 0.3) is 22.2 Å². The summed E-state index contributed by atoms with van der Waals surface area (Å²) in [6, 6.07) is 12.5. The average molecular weight is 369 g/mol. The summed E-state index contributed by atoms with van der Waals surface area (Å²) in [5, 5.41) is 4.08. The molecule has 1 N–H and O–H groups in total. The number of rotatable bonds is 4. The Bertz CT molecular complexity index is 994. The largest absolute Gasteiger partial charge is 0.359 e. The lowest BCUT2D eigenvalue weighted by atomic mass is 9.99. The molecule has 0 saturated heterocycles. The fraction of sp³-hybridized carbons (Fsp3) is 0.238. The normalized spacial score (nSPS) is 13.8. The van der Waals surface area contributed by atoms with E-state index in [9.17, 15) is 9.18 Å². The Morgan fingerprint density at radius 2 is 2.04 bits per heavy atom. The second-order valence-corrected chi connectivity index (χ2v) is 7.17. The highest BCUT2D eigenvalue weighted by Gasteiger charge is 2.26. The number of hydrogen-bond acceptors (Lipinski definition) is 2. The van der Waals surface area contributed by atoms with E-state index in [0.717, 1.165) is 29.3 Å². The number of hydrogen-bond donors (Lipinski definition) is 1. The van der Waals surface area contributed by atoms with Gasteiger partial charge in [0.2, 0.25) is 5.91 Å². The van der Waals surface area contributed by atoms with Gasteiger partial charge in [0.05, 0.1) is 17.6 Å². The molecule has 0 spiro atoms. The van der Waals surface area contributed by atoms with Gasteiger partial charge in [0.1, 0.15) is 5.82 Å². The Morgan fingerprint density at radius 1 is 1.23 bits per heavy atom. The molecule has 0 unspecified atom stereocenters. The lowest BCUT2D eigenvalue weighted by molar-refractivity contribution is -0.119. The molecule has 1 heterocycles. The van der Waals surface area contributed by atoms with Gasteiger partial charge in [0.15, 0.2) is 0 Å². The SMILES string of the molecule is CNC(=O)Cc1ccc2c(C3CC3)cc(-c3cc(F)cc(Cl)c3)nc2c1. The highest BCUT2D eigenvalue weighted by Crippen LogP contribution is 2.44. The third kappa shape index (κ3) is 3.42. The molecular weight excluding hydrogens is 351 g/mol. The van der Waals surface area contributed by atoms with Crippen LogP contribution >= 0.6 is 11.6 Å². The maximum Gasteiger partial charge on any atom is 0.224 e. The monoisotopic (exact) mass is 368 g/mol. The molecule has 26 heavy (non-hydrogen) atoms. The number of fused-ring (bicyclic) bond motifs is 1. The van der Waals surface area contributed by atoms with Crippen molar-refractivity contribution in [3.05, 3.63) is 64.4 Å². The van der Waals surface area contributed by atoms with Crippen LogP contribution in [0.3, 0.4) is 0 Å². The molecule has 1 fully saturated rings. The van der Waals surface area contributed by atoms with Crippen molar-refractivity contribution in [2.75, 3.05) is 7.05 Å². The van der Waals surface area contributed by atoms with E-state index in [1.807, 2.05) is 24.3 Å². The first kappa shape index (κ1) is 17.0. The molecule has 1 aliphatic carbocycles. The van der Waals surface area contributed by atoms with Crippen LogP contribution in [0.2, 0.25) is 5.02 Å². The van der Waals surface area contributed by atoms with Gasteiger partial charge >= 0.3 is 0 Å². The number of nitrogens with one attached hydrogen (secondary N) is 1. The molecule has 4 rings (SSSR count). The Labute approximate surface area is 156 Å². The van der Waals surface area contributed by atoms with Gasteiger partial charge in [0, 0.05) is 23.0 Å². The standard InChI is InChI=1S/C21H18ClFN2O/c1-24-21(26)7-12-2-5-17-18(13-3-4-13)11-19(25-20(17)6-12)14-8-15(22)10-16(23)9-14/h2,5-6,8-11,13H,3-4,7H2,1H3,(H,24,26). The van der Waals surface area contributed by atoms with Gasteiger partial charge in [0.25, 0.3) is 0 Å². The van der Waals surface area contributed by atoms with Gasteiger partial charge in [-0.3, -0.25) is 4.79 Å². The molecule has 5 heteroatoms. The van der Waals surface area contributed by atoms with Crippen molar-refractivity contribution in [1.82, 2.24) is 10.3 Å². The summed E-state index contributed by atoms with van der Waals surface area (Å²) in [6.07, 6.45) is 2.62. The molecule has 3 aromatic rings. The fourth-order valence-electron chi connectivity index (χ4n) is 3.27. The molecule has 0 aliphatic heterocycles. The molecule has 0 radical (unpaired) electrons. The van der Waals surface area contributed by atoms with Crippen molar-refractivity contribution in [2.24, 2.45) is 0 Å². The lowest BCUT2D eigenvalue weighted by Crippen LogP contribution is -2.19. The van der Waals surface area contributed by atoms with E-state index in [0.29, 0.717) is 28.6 Å². The number of aromatic nitrogens is 1. The van der Waals surface area contributed by atoms with Crippen molar-refractivity contribution in [2.45, 2.75) is 25.2 Å². The number of carbonyl (C=O) groups excluding carboxylic acids is 1. The van der Waals surface area contributed by atoms with Crippen LogP contribution in [0.15, 0.2) is 42.5 Å². The van der Waals surface area contributed by atoms with E-state index in [1.165, 1.54) is 17.7 Å². The summed E-state index contributed by atoms with van der Waals surface area (Å²) < 4.78 is 13.8. The molecule has 1 saturated carbocycles. The highest BCUT2D eigenvalue weighted by atomic mass is 35.5. The van der Waals surface area contributed by atoms with E-state index in [-0.39, 0.29) is 11.7 Å². The minimum absolute atomic E-state index is 0.0418. The van der Waals surface area contributed by atoms with Crippen LogP contribution < -0.4 is 5.32 Å². The smallest absolute Gasteiger partial charge is 0.224 e. The van der Waals surface area contributed by atoms with Crippen molar-refractivity contribution in [3.63, 3.8) is 0 Å². The van der Waals surface area contributed by atoms with Crippen LogP contribution in [0.5, 0.6) is 0 Å². The third-order valence-electron chi connectivity index (χ3n) is 4.73. The maximum absolute atomic E-state index is 13.8. The van der Waals surface area contributed by atoms with Crippen LogP contribution in [0.1, 0.15) is 29.9 Å². The summed E-state index contributed by atoms with van der Waals surface area (Å²) in [5.41, 5.74) is 4.33. The Hall–Kier alpha value is -2.46. The van der Waals surface area contributed by atoms with Gasteiger partial charge in [-0.2, -0.15) is 0 Å². The Kier molecular flexibility index (Phi) is 4.37. The highest BCUT2D eigenvalue weighted by molar-refractivity contribution is 6.30. The van der Waals surface area contributed by atoms with Crippen molar-refractivity contribution < 1.29 is 9.18 Å². The predicted molar refractivity (Wildman–Crippen MR) is 102 cm³/mol. The van der Waals surface area contributed by atoms with Gasteiger partial charge in [-0.15, -0.1) is 0 Å². The number of amides is 1. The zero-order valence-electron chi connectivity index (χ0n) is 14.4. The lowest BCUT2D eigenvalue weighted by Gasteiger charge is -2.11. The quantitative estimate of drug-likeness (QED) is 0.714. The van der Waals surface area contributed by atoms with Gasteiger partial charge in [-0.25, -0.2) is 9.37 Å². The number of likely N-dealkylation sites (N-methyl/N-ethyl adjacent to an activating group) is 1. The number of benzene rings is 2. The van der Waals surface area contributed by atoms with Crippen molar-refractivity contribution in [3.8, 4) is 11.3 Å². The third-order valence-corrected chi connectivity index (χ3v) is 4.94. The number of halogens is 2. The number of pyridine rings is 1. The first-order chi connectivity index (χ1) is 12.5. The fourth-order valence-corrected chi connectivity index (χ4v) is 3.49. The maximum atomic E-state index is 13.8. The van der Waals surface area contributed by atoms with Crippen LogP contribution in [-0.2, 0) is 11.2 Å². The molecule has 1 aliphatic rings. The average Bonchev–Trinajstić information content (AvgIpc) is 3.44. The van der Waals surface area contributed by atoms with E-state index in [4.69, 9.17) is 16.6 Å². The summed E-state index contributed by atoms with van der Waals surface area (Å²) in [4.78, 5) is 16.4. The van der Waals surface area contributed by atoms with Crippen LogP contribution in [-0.4, -0.2) is 17.9 Å². The molecule has 1 aromatic heterocycles. The van der Waals surface area contributed by atoms with Crippen LogP contribution in [0.4, 0.5) is 4.39 Å². The second kappa shape index (κ2) is 6.69. The Morgan fingerprint density at radius 3 is 2.73 bits per heavy atom. The second-order valence-electron chi connectivity index (χ2n) is 6.73. The molecule has 0 bridgehead atoms. The molecular formula is C21H18ClFN2O. The van der Waals surface area contributed by atoms with E-state index >= 15 is 0 Å². The first-order valence-corrected chi connectivity index (χ1v) is 9.02. The van der Waals surface area contributed by atoms with Gasteiger partial charge in [-0.05, 0) is 60.2 Å². The number of carbonyl (C=O) groups is 1. The predicted octanol–water partition coefficient (Wildman–Crippen LogP) is 4.86. The number of nitrogens with zero attached hydrogens (tertiary/aromatic N) is 1. The minimum Gasteiger partial charge on any atom is -0.359 e. The summed E-state index contributed by atoms with van der Waals surface area (Å²) in [7, 11) is 1.62. The van der Waals surface area contributed by atoms with Gasteiger partial charge < -0.3 is 5.32 Å². The summed E-state index contributed by atoms with van der Waals surface area (Å²) in [5.74, 6) is 0.101. The van der Waals surface area contributed by atoms with E-state index < -0.39 is 0 Å². The molecule has 0 atom stereocenters. The zero-order chi connectivity index (χ0) is 18.3. The first-order valence-electron chi connectivity index (χ1n) is 8.64. The summed E-state index contributed by atoms with van der Waals surface area (Å²) in [6.45, 7) is 0.